The second-order valence-electron chi connectivity index (χ2n) is 6.19. The van der Waals surface area contributed by atoms with E-state index >= 15 is 0 Å². The molecule has 2 heterocycles. The van der Waals surface area contributed by atoms with Crippen molar-refractivity contribution in [2.45, 2.75) is 39.5 Å². The van der Waals surface area contributed by atoms with Gasteiger partial charge in [-0.05, 0) is 42.9 Å². The van der Waals surface area contributed by atoms with Crippen molar-refractivity contribution in [2.24, 2.45) is 5.92 Å². The maximum Gasteiger partial charge on any atom is 0.227 e. The molecule has 0 atom stereocenters. The van der Waals surface area contributed by atoms with Crippen LogP contribution in [-0.4, -0.2) is 23.9 Å². The minimum Gasteiger partial charge on any atom is -0.464 e. The van der Waals surface area contributed by atoms with Crippen LogP contribution in [0.15, 0.2) is 28.9 Å². The van der Waals surface area contributed by atoms with Crippen molar-refractivity contribution in [2.75, 3.05) is 13.1 Å². The summed E-state index contributed by atoms with van der Waals surface area (Å²) in [5, 5.41) is 1.09. The summed E-state index contributed by atoms with van der Waals surface area (Å²) < 4.78 is 5.58. The fraction of sp³-hybridized carbons (Fsp3) is 0.500. The zero-order chi connectivity index (χ0) is 14.8. The normalized spacial score (nSPS) is 16.6. The lowest BCUT2D eigenvalue weighted by molar-refractivity contribution is -0.131. The third-order valence-electron chi connectivity index (χ3n) is 4.60. The lowest BCUT2D eigenvalue weighted by Gasteiger charge is -2.30. The lowest BCUT2D eigenvalue weighted by Crippen LogP contribution is -2.38. The molecule has 3 nitrogen and oxygen atoms in total. The molecule has 0 radical (unpaired) electrons. The number of benzene rings is 1. The Labute approximate surface area is 125 Å². The summed E-state index contributed by atoms with van der Waals surface area (Å²) in [7, 11) is 0. The summed E-state index contributed by atoms with van der Waals surface area (Å²) in [4.78, 5) is 14.5. The molecule has 1 aliphatic rings. The van der Waals surface area contributed by atoms with Gasteiger partial charge in [0.05, 0.1) is 12.7 Å². The van der Waals surface area contributed by atoms with E-state index in [1.807, 2.05) is 11.0 Å². The smallest absolute Gasteiger partial charge is 0.227 e. The largest absolute Gasteiger partial charge is 0.464 e. The van der Waals surface area contributed by atoms with E-state index in [1.54, 1.807) is 6.26 Å². The van der Waals surface area contributed by atoms with Crippen molar-refractivity contribution in [3.63, 3.8) is 0 Å². The summed E-state index contributed by atoms with van der Waals surface area (Å²) >= 11 is 0. The van der Waals surface area contributed by atoms with Crippen LogP contribution in [0.1, 0.15) is 37.8 Å². The summed E-state index contributed by atoms with van der Waals surface area (Å²) in [5.41, 5.74) is 3.18. The molecule has 1 aliphatic heterocycles. The third kappa shape index (κ3) is 2.97. The predicted octanol–water partition coefficient (Wildman–Crippen LogP) is 3.80. The van der Waals surface area contributed by atoms with Crippen molar-refractivity contribution in [1.82, 2.24) is 4.90 Å². The van der Waals surface area contributed by atoms with E-state index in [1.165, 1.54) is 5.56 Å². The maximum absolute atomic E-state index is 12.5. The van der Waals surface area contributed by atoms with Crippen LogP contribution in [0.5, 0.6) is 0 Å². The molecule has 0 N–H and O–H groups in total. The van der Waals surface area contributed by atoms with Crippen molar-refractivity contribution >= 4 is 16.9 Å². The summed E-state index contributed by atoms with van der Waals surface area (Å²) in [5.74, 6) is 0.974. The van der Waals surface area contributed by atoms with Crippen LogP contribution < -0.4 is 0 Å². The number of piperidine rings is 1. The fourth-order valence-electron chi connectivity index (χ4n) is 3.02. The van der Waals surface area contributed by atoms with Gasteiger partial charge in [-0.25, -0.2) is 0 Å². The topological polar surface area (TPSA) is 33.5 Å². The van der Waals surface area contributed by atoms with Crippen LogP contribution >= 0.6 is 0 Å². The Kier molecular flexibility index (Phi) is 4.00. The number of carbonyl (C=O) groups is 1. The van der Waals surface area contributed by atoms with E-state index < -0.39 is 0 Å². The molecule has 1 saturated heterocycles. The van der Waals surface area contributed by atoms with E-state index in [2.05, 4.69) is 26.0 Å². The summed E-state index contributed by atoms with van der Waals surface area (Å²) in [6, 6.07) is 6.24. The van der Waals surface area contributed by atoms with Gasteiger partial charge in [0.1, 0.15) is 5.58 Å². The Morgan fingerprint density at radius 2 is 2.10 bits per heavy atom. The number of nitrogens with zero attached hydrogens (tertiary/aromatic N) is 1. The highest BCUT2D eigenvalue weighted by atomic mass is 16.3. The van der Waals surface area contributed by atoms with Crippen LogP contribution in [0.3, 0.4) is 0 Å². The van der Waals surface area contributed by atoms with E-state index in [9.17, 15) is 4.79 Å². The number of carbonyl (C=O) groups excluding carboxylic acids is 1. The molecule has 0 spiro atoms. The number of likely N-dealkylation sites (tertiary alicyclic amines) is 1. The van der Waals surface area contributed by atoms with Crippen LogP contribution in [0.25, 0.3) is 11.0 Å². The van der Waals surface area contributed by atoms with Crippen molar-refractivity contribution in [3.8, 4) is 0 Å². The predicted molar refractivity (Wildman–Crippen MR) is 84.3 cm³/mol. The highest BCUT2D eigenvalue weighted by Gasteiger charge is 2.21. The first kappa shape index (κ1) is 14.2. The first-order valence-electron chi connectivity index (χ1n) is 7.94. The van der Waals surface area contributed by atoms with Crippen LogP contribution in [0.4, 0.5) is 0 Å². The van der Waals surface area contributed by atoms with Crippen LogP contribution in [-0.2, 0) is 17.6 Å². The Morgan fingerprint density at radius 3 is 2.81 bits per heavy atom. The summed E-state index contributed by atoms with van der Waals surface area (Å²) in [6.45, 7) is 6.20. The SMILES string of the molecule is CCc1ccc2occ(CC(=O)N3CCC(C)CC3)c2c1. The van der Waals surface area contributed by atoms with Gasteiger partial charge in [0.2, 0.25) is 5.91 Å². The zero-order valence-corrected chi connectivity index (χ0v) is 12.9. The number of hydrogen-bond donors (Lipinski definition) is 0. The molecule has 2 aromatic rings. The van der Waals surface area contributed by atoms with Gasteiger partial charge in [-0.3, -0.25) is 4.79 Å². The summed E-state index contributed by atoms with van der Waals surface area (Å²) in [6.07, 6.45) is 5.44. The van der Waals surface area contributed by atoms with E-state index in [0.29, 0.717) is 6.42 Å². The molecule has 21 heavy (non-hydrogen) atoms. The van der Waals surface area contributed by atoms with Gasteiger partial charge in [-0.1, -0.05) is 19.9 Å². The highest BCUT2D eigenvalue weighted by Crippen LogP contribution is 2.24. The molecular formula is C18H23NO2. The minimum absolute atomic E-state index is 0.228. The second-order valence-corrected chi connectivity index (χ2v) is 6.19. The molecule has 0 aliphatic carbocycles. The first-order valence-corrected chi connectivity index (χ1v) is 7.94. The monoisotopic (exact) mass is 285 g/mol. The second kappa shape index (κ2) is 5.92. The fourth-order valence-corrected chi connectivity index (χ4v) is 3.02. The van der Waals surface area contributed by atoms with Gasteiger partial charge >= 0.3 is 0 Å². The standard InChI is InChI=1S/C18H23NO2/c1-3-14-4-5-17-16(10-14)15(12-21-17)11-18(20)19-8-6-13(2)7-9-19/h4-5,10,12-13H,3,6-9,11H2,1-2H3. The number of furan rings is 1. The number of aryl methyl sites for hydroxylation is 1. The molecule has 1 aromatic carbocycles. The Balaban J connectivity index is 1.76. The molecular weight excluding hydrogens is 262 g/mol. The van der Waals surface area contributed by atoms with Crippen molar-refractivity contribution in [3.05, 3.63) is 35.6 Å². The zero-order valence-electron chi connectivity index (χ0n) is 12.9. The molecule has 1 amide bonds. The average molecular weight is 285 g/mol. The van der Waals surface area contributed by atoms with Crippen molar-refractivity contribution < 1.29 is 9.21 Å². The maximum atomic E-state index is 12.5. The first-order chi connectivity index (χ1) is 10.2. The van der Waals surface area contributed by atoms with Crippen molar-refractivity contribution in [1.29, 1.82) is 0 Å². The van der Waals surface area contributed by atoms with Crippen LogP contribution in [0.2, 0.25) is 0 Å². The van der Waals surface area contributed by atoms with Gasteiger partial charge in [-0.2, -0.15) is 0 Å². The van der Waals surface area contributed by atoms with Gasteiger partial charge in [0.25, 0.3) is 0 Å². The van der Waals surface area contributed by atoms with Crippen LogP contribution in [0, 0.1) is 5.92 Å². The van der Waals surface area contributed by atoms with Gasteiger partial charge in [-0.15, -0.1) is 0 Å². The number of rotatable bonds is 3. The Bertz CT molecular complexity index is 636. The number of fused-ring (bicyclic) bond motifs is 1. The molecule has 0 unspecified atom stereocenters. The quantitative estimate of drug-likeness (QED) is 0.859. The third-order valence-corrected chi connectivity index (χ3v) is 4.60. The van der Waals surface area contributed by atoms with E-state index in [4.69, 9.17) is 4.42 Å². The molecule has 0 saturated carbocycles. The Hall–Kier alpha value is -1.77. The Morgan fingerprint density at radius 1 is 1.33 bits per heavy atom. The molecule has 0 bridgehead atoms. The number of amides is 1. The van der Waals surface area contributed by atoms with Gasteiger partial charge in [0.15, 0.2) is 0 Å². The van der Waals surface area contributed by atoms with E-state index in [0.717, 1.165) is 54.8 Å². The minimum atomic E-state index is 0.228. The molecule has 1 fully saturated rings. The van der Waals surface area contributed by atoms with Gasteiger partial charge in [0, 0.05) is 24.0 Å². The highest BCUT2D eigenvalue weighted by molar-refractivity contribution is 5.88. The van der Waals surface area contributed by atoms with Gasteiger partial charge < -0.3 is 9.32 Å². The molecule has 3 rings (SSSR count). The molecule has 112 valence electrons. The lowest BCUT2D eigenvalue weighted by atomic mass is 9.98. The molecule has 1 aromatic heterocycles. The van der Waals surface area contributed by atoms with E-state index in [-0.39, 0.29) is 5.91 Å². The average Bonchev–Trinajstić information content (AvgIpc) is 2.90. The number of hydrogen-bond acceptors (Lipinski definition) is 2. The molecule has 3 heteroatoms.